The number of benzene rings is 2. The van der Waals surface area contributed by atoms with Crippen LogP contribution in [0.2, 0.25) is 0 Å². The summed E-state index contributed by atoms with van der Waals surface area (Å²) in [5, 5.41) is 20.0. The first kappa shape index (κ1) is 30.5. The van der Waals surface area contributed by atoms with Crippen LogP contribution in [0.25, 0.3) is 10.2 Å². The van der Waals surface area contributed by atoms with Crippen molar-refractivity contribution >= 4 is 57.2 Å². The van der Waals surface area contributed by atoms with Crippen molar-refractivity contribution in [3.8, 4) is 11.5 Å². The van der Waals surface area contributed by atoms with Crippen LogP contribution in [0.15, 0.2) is 53.0 Å². The Labute approximate surface area is 245 Å². The number of ether oxygens (including phenoxy) is 2. The number of thiazole rings is 1. The summed E-state index contributed by atoms with van der Waals surface area (Å²) in [7, 11) is 0. The van der Waals surface area contributed by atoms with Crippen molar-refractivity contribution in [2.24, 2.45) is 5.90 Å². The van der Waals surface area contributed by atoms with E-state index >= 15 is 0 Å². The number of nitrogens with zero attached hydrogens (tertiary/aromatic N) is 4. The number of nitrogens with one attached hydrogen (secondary N) is 1. The minimum absolute atomic E-state index is 0.0304. The highest BCUT2D eigenvalue weighted by Gasteiger charge is 2.20. The van der Waals surface area contributed by atoms with Crippen molar-refractivity contribution in [2.45, 2.75) is 29.3 Å². The fourth-order valence-corrected chi connectivity index (χ4v) is 5.88. The molecule has 1 amide bonds. The molecule has 0 spiro atoms. The number of carbonyl (C=O) groups is 2. The Kier molecular flexibility index (Phi) is 11.5. The van der Waals surface area contributed by atoms with E-state index in [1.807, 2.05) is 12.1 Å². The Bertz CT molecular complexity index is 1460. The zero-order valence-corrected chi connectivity index (χ0v) is 23.8. The van der Waals surface area contributed by atoms with Crippen molar-refractivity contribution in [1.82, 2.24) is 25.3 Å². The number of carbonyl (C=O) groups excluding carboxylic acids is 1. The minimum Gasteiger partial charge on any atom is -0.491 e. The number of carboxylic acid groups (broad SMARTS) is 1. The van der Waals surface area contributed by atoms with Crippen molar-refractivity contribution in [3.05, 3.63) is 59.9 Å². The van der Waals surface area contributed by atoms with Crippen LogP contribution in [-0.4, -0.2) is 62.0 Å². The SMILES string of the molecule is NOOSc1nc2ccc(OCc3cn(CC(=O)N[C@H](CSCc4cccc(OCCF)c4)C(=O)O)nn3)cc2s1. The summed E-state index contributed by atoms with van der Waals surface area (Å²) in [6, 6.07) is 11.4. The summed E-state index contributed by atoms with van der Waals surface area (Å²) >= 11 is 3.61. The number of halogens is 1. The zero-order valence-electron chi connectivity index (χ0n) is 21.3. The monoisotopic (exact) mass is 624 g/mol. The van der Waals surface area contributed by atoms with E-state index in [-0.39, 0.29) is 25.5 Å². The molecule has 0 bridgehead atoms. The predicted molar refractivity (Wildman–Crippen MR) is 150 cm³/mol. The van der Waals surface area contributed by atoms with Crippen LogP contribution in [0.1, 0.15) is 11.3 Å². The first-order valence-electron chi connectivity index (χ1n) is 11.9. The van der Waals surface area contributed by atoms with Crippen LogP contribution in [0, 0.1) is 0 Å². The van der Waals surface area contributed by atoms with Gasteiger partial charge in [-0.25, -0.2) is 18.9 Å². The Morgan fingerprint density at radius 3 is 2.85 bits per heavy atom. The summed E-state index contributed by atoms with van der Waals surface area (Å²) in [5.74, 6) is 4.94. The molecule has 2 aromatic carbocycles. The number of aliphatic carboxylic acids is 1. The molecule has 0 fully saturated rings. The lowest BCUT2D eigenvalue weighted by Crippen LogP contribution is -2.44. The van der Waals surface area contributed by atoms with E-state index in [0.717, 1.165) is 27.8 Å². The highest BCUT2D eigenvalue weighted by molar-refractivity contribution is 7.98. The van der Waals surface area contributed by atoms with Crippen LogP contribution in [0.5, 0.6) is 11.5 Å². The Balaban J connectivity index is 1.23. The smallest absolute Gasteiger partial charge is 0.327 e. The van der Waals surface area contributed by atoms with Crippen LogP contribution >= 0.6 is 35.1 Å². The molecule has 4 N–H and O–H groups in total. The topological polar surface area (TPSA) is 173 Å². The van der Waals surface area contributed by atoms with Crippen molar-refractivity contribution in [2.75, 3.05) is 19.0 Å². The number of fused-ring (bicyclic) bond motifs is 1. The number of hydrogen-bond donors (Lipinski definition) is 3. The molecule has 4 rings (SSSR count). The highest BCUT2D eigenvalue weighted by Crippen LogP contribution is 2.32. The van der Waals surface area contributed by atoms with Gasteiger partial charge < -0.3 is 19.9 Å². The first-order valence-corrected chi connectivity index (χ1v) is 14.6. The number of aromatic nitrogens is 4. The predicted octanol–water partition coefficient (Wildman–Crippen LogP) is 3.15. The number of amides is 1. The molecule has 0 unspecified atom stereocenters. The largest absolute Gasteiger partial charge is 0.491 e. The summed E-state index contributed by atoms with van der Waals surface area (Å²) < 4.78 is 30.8. The fourth-order valence-electron chi connectivity index (χ4n) is 3.44. The quantitative estimate of drug-likeness (QED) is 0.0889. The molecule has 0 saturated heterocycles. The average Bonchev–Trinajstić information content (AvgIpc) is 3.59. The second kappa shape index (κ2) is 15.5. The van der Waals surface area contributed by atoms with Gasteiger partial charge >= 0.3 is 5.97 Å². The fraction of sp³-hybridized carbons (Fsp3) is 0.292. The lowest BCUT2D eigenvalue weighted by atomic mass is 10.2. The second-order valence-corrected chi connectivity index (χ2v) is 11.2. The van der Waals surface area contributed by atoms with E-state index in [1.54, 1.807) is 36.5 Å². The van der Waals surface area contributed by atoms with E-state index in [9.17, 15) is 19.1 Å². The summed E-state index contributed by atoms with van der Waals surface area (Å²) in [5.41, 5.74) is 2.13. The molecule has 13 nitrogen and oxygen atoms in total. The van der Waals surface area contributed by atoms with Gasteiger partial charge in [0.1, 0.15) is 61.7 Å². The first-order chi connectivity index (χ1) is 19.9. The van der Waals surface area contributed by atoms with Crippen LogP contribution in [0.3, 0.4) is 0 Å². The molecular weight excluding hydrogens is 599 g/mol. The molecule has 17 heteroatoms. The second-order valence-electron chi connectivity index (χ2n) is 8.21. The number of thioether (sulfide) groups is 1. The molecule has 0 aliphatic rings. The number of carboxylic acids is 1. The summed E-state index contributed by atoms with van der Waals surface area (Å²) in [4.78, 5) is 32.6. The van der Waals surface area contributed by atoms with E-state index in [1.165, 1.54) is 27.8 Å². The lowest BCUT2D eigenvalue weighted by molar-refractivity contribution is -0.195. The van der Waals surface area contributed by atoms with E-state index in [0.29, 0.717) is 27.3 Å². The third-order valence-electron chi connectivity index (χ3n) is 5.19. The molecular formula is C24H25FN6O7S3. The molecule has 4 aromatic rings. The van der Waals surface area contributed by atoms with Gasteiger partial charge in [0.05, 0.1) is 16.4 Å². The van der Waals surface area contributed by atoms with Gasteiger partial charge in [0.2, 0.25) is 5.91 Å². The van der Waals surface area contributed by atoms with Gasteiger partial charge in [-0.05, 0) is 35.9 Å². The summed E-state index contributed by atoms with van der Waals surface area (Å²) in [6.45, 7) is -0.724. The molecule has 0 aliphatic heterocycles. The maximum Gasteiger partial charge on any atom is 0.327 e. The molecule has 0 aliphatic carbocycles. The normalized spacial score (nSPS) is 11.9. The summed E-state index contributed by atoms with van der Waals surface area (Å²) in [6.07, 6.45) is 1.55. The van der Waals surface area contributed by atoms with Crippen molar-refractivity contribution in [3.63, 3.8) is 0 Å². The van der Waals surface area contributed by atoms with Crippen LogP contribution < -0.4 is 20.7 Å². The highest BCUT2D eigenvalue weighted by atomic mass is 32.2. The zero-order chi connectivity index (χ0) is 29.0. The van der Waals surface area contributed by atoms with Gasteiger partial charge in [-0.2, -0.15) is 17.7 Å². The van der Waals surface area contributed by atoms with Crippen LogP contribution in [-0.2, 0) is 37.8 Å². The van der Waals surface area contributed by atoms with Gasteiger partial charge in [0.25, 0.3) is 0 Å². The third-order valence-corrected chi connectivity index (χ3v) is 7.95. The molecule has 41 heavy (non-hydrogen) atoms. The minimum atomic E-state index is -1.15. The Hall–Kier alpha value is -3.48. The third kappa shape index (κ3) is 9.55. The van der Waals surface area contributed by atoms with Gasteiger partial charge in [-0.3, -0.25) is 4.79 Å². The number of alkyl halides is 1. The standard InChI is InChI=1S/C24H25FN6O7S3/c25-6-7-35-17-3-1-2-15(8-17)13-39-14-20(23(33)34)27-22(32)11-31-10-16(29-30-31)12-36-18-4-5-19-21(9-18)40-24(28-19)41-38-37-26/h1-5,8-10,20H,6-7,11-14,26H2,(H,27,32)(H,33,34)/t20-/m1/s1. The van der Waals surface area contributed by atoms with Gasteiger partial charge in [0, 0.05) is 11.5 Å². The molecule has 218 valence electrons. The Morgan fingerprint density at radius 1 is 1.20 bits per heavy atom. The average molecular weight is 625 g/mol. The number of rotatable bonds is 17. The van der Waals surface area contributed by atoms with Gasteiger partial charge in [0.15, 0.2) is 4.34 Å². The van der Waals surface area contributed by atoms with Crippen LogP contribution in [0.4, 0.5) is 4.39 Å². The van der Waals surface area contributed by atoms with Crippen molar-refractivity contribution in [1.29, 1.82) is 0 Å². The maximum atomic E-state index is 12.5. The van der Waals surface area contributed by atoms with E-state index < -0.39 is 24.6 Å². The Morgan fingerprint density at radius 2 is 2.05 bits per heavy atom. The molecule has 0 saturated carbocycles. The maximum absolute atomic E-state index is 12.5. The molecule has 2 aromatic heterocycles. The lowest BCUT2D eigenvalue weighted by Gasteiger charge is -2.14. The van der Waals surface area contributed by atoms with Gasteiger partial charge in [-0.1, -0.05) is 17.3 Å². The number of hydrogen-bond acceptors (Lipinski definition) is 13. The molecule has 0 radical (unpaired) electrons. The number of nitrogens with two attached hydrogens (primary N) is 1. The molecule has 1 atom stereocenters. The van der Waals surface area contributed by atoms with E-state index in [2.05, 4.69) is 29.9 Å². The van der Waals surface area contributed by atoms with Crippen molar-refractivity contribution < 1.29 is 37.9 Å². The van der Waals surface area contributed by atoms with Gasteiger partial charge in [-0.15, -0.1) is 25.8 Å². The molecule has 2 heterocycles. The van der Waals surface area contributed by atoms with E-state index in [4.69, 9.17) is 15.4 Å².